The Morgan fingerprint density at radius 1 is 1.14 bits per heavy atom. The highest BCUT2D eigenvalue weighted by molar-refractivity contribution is 8.08. The van der Waals surface area contributed by atoms with Gasteiger partial charge in [0.05, 0.1) is 19.0 Å². The predicted octanol–water partition coefficient (Wildman–Crippen LogP) is 1.11. The highest BCUT2D eigenvalue weighted by atomic mass is 32.5. The van der Waals surface area contributed by atoms with Gasteiger partial charge >= 0.3 is 22.4 Å². The standard InChI is InChI=1S/C17H22N5O11P3S/c18-16-15-17(21-13(20-16)6-10-4-2-1-3-5-10)22(9-19-15)14-7-11(23)12(31-14)8-30-36(29,37)33-35(27,28)32-34(24,25)26/h1-5,9,11-12,14,23H,6-8H2,(H,27,28)(H,29,37)(H2,18,20,21)(H2,24,25,26)/t11-,12+,14+,36?/m0/s1. The summed E-state index contributed by atoms with van der Waals surface area (Å²) in [7, 11) is -10.9. The van der Waals surface area contributed by atoms with Crippen LogP contribution >= 0.6 is 22.4 Å². The number of nitrogens with zero attached hydrogens (tertiary/aromatic N) is 4. The first-order valence-electron chi connectivity index (χ1n) is 10.4. The number of hydrogen-bond acceptors (Lipinski definition) is 12. The fourth-order valence-corrected chi connectivity index (χ4v) is 7.53. The van der Waals surface area contributed by atoms with Crippen LogP contribution in [0.1, 0.15) is 24.0 Å². The minimum Gasteiger partial charge on any atom is -0.390 e. The number of nitrogens with two attached hydrogens (primary N) is 1. The lowest BCUT2D eigenvalue weighted by Gasteiger charge is -2.21. The molecule has 16 nitrogen and oxygen atoms in total. The topological polar surface area (TPSA) is 242 Å². The van der Waals surface area contributed by atoms with Crippen molar-refractivity contribution in [1.29, 1.82) is 0 Å². The third kappa shape index (κ3) is 7.46. The van der Waals surface area contributed by atoms with Gasteiger partial charge in [0.15, 0.2) is 11.5 Å². The molecule has 0 bridgehead atoms. The molecular formula is C17H22N5O11P3S. The quantitative estimate of drug-likeness (QED) is 0.179. The number of anilines is 1. The SMILES string of the molecule is Nc1nc(Cc2ccccc2)nc2c1ncn2[C@H]1C[C@H](O)[C@@H](COP(O)(=S)OP(=O)(O)OP(=O)(O)O)O1. The summed E-state index contributed by atoms with van der Waals surface area (Å²) in [6.45, 7) is -5.13. The van der Waals surface area contributed by atoms with Crippen LogP contribution in [0.25, 0.3) is 11.2 Å². The Hall–Kier alpha value is -1.68. The van der Waals surface area contributed by atoms with Crippen LogP contribution in [0, 0.1) is 0 Å². The predicted molar refractivity (Wildman–Crippen MR) is 130 cm³/mol. The fraction of sp³-hybridized carbons (Fsp3) is 0.353. The van der Waals surface area contributed by atoms with Gasteiger partial charge in [-0.25, -0.2) is 28.4 Å². The summed E-state index contributed by atoms with van der Waals surface area (Å²) in [4.78, 5) is 49.7. The highest BCUT2D eigenvalue weighted by Gasteiger charge is 2.41. The number of phosphoric acid groups is 2. The Bertz CT molecular complexity index is 1420. The van der Waals surface area contributed by atoms with Gasteiger partial charge in [-0.2, -0.15) is 4.31 Å². The minimum absolute atomic E-state index is 0.0480. The van der Waals surface area contributed by atoms with Crippen molar-refractivity contribution in [2.75, 3.05) is 12.3 Å². The molecule has 0 amide bonds. The molecule has 1 aliphatic rings. The molecule has 202 valence electrons. The Labute approximate surface area is 214 Å². The van der Waals surface area contributed by atoms with E-state index in [9.17, 15) is 24.0 Å². The average molecular weight is 597 g/mol. The van der Waals surface area contributed by atoms with Crippen LogP contribution in [0.15, 0.2) is 36.7 Å². The number of rotatable bonds is 10. The Morgan fingerprint density at radius 3 is 2.51 bits per heavy atom. The molecule has 37 heavy (non-hydrogen) atoms. The van der Waals surface area contributed by atoms with Crippen molar-refractivity contribution in [1.82, 2.24) is 19.5 Å². The molecule has 20 heteroatoms. The Balaban J connectivity index is 1.45. The van der Waals surface area contributed by atoms with Crippen LogP contribution < -0.4 is 5.73 Å². The van der Waals surface area contributed by atoms with Crippen LogP contribution in [0.2, 0.25) is 0 Å². The smallest absolute Gasteiger partial charge is 0.390 e. The summed E-state index contributed by atoms with van der Waals surface area (Å²) in [6, 6.07) is 9.50. The van der Waals surface area contributed by atoms with E-state index in [-0.39, 0.29) is 12.2 Å². The van der Waals surface area contributed by atoms with E-state index >= 15 is 0 Å². The van der Waals surface area contributed by atoms with E-state index in [1.165, 1.54) is 6.33 Å². The molecule has 1 saturated heterocycles. The van der Waals surface area contributed by atoms with E-state index in [4.69, 9.17) is 24.8 Å². The van der Waals surface area contributed by atoms with E-state index in [2.05, 4.69) is 35.4 Å². The summed E-state index contributed by atoms with van der Waals surface area (Å²) >= 11 is 4.58. The van der Waals surface area contributed by atoms with Crippen LogP contribution in [0.5, 0.6) is 0 Å². The Kier molecular flexibility index (Phi) is 8.29. The summed E-state index contributed by atoms with van der Waals surface area (Å²) in [5, 5.41) is 10.4. The van der Waals surface area contributed by atoms with Gasteiger partial charge in [0, 0.05) is 12.8 Å². The number of aromatic nitrogens is 4. The third-order valence-corrected chi connectivity index (χ3v) is 9.75. The lowest BCUT2D eigenvalue weighted by molar-refractivity contribution is -0.0399. The lowest BCUT2D eigenvalue weighted by atomic mass is 10.1. The van der Waals surface area contributed by atoms with Gasteiger partial charge in [-0.05, 0) is 17.4 Å². The number of fused-ring (bicyclic) bond motifs is 1. The second kappa shape index (κ2) is 10.8. The lowest BCUT2D eigenvalue weighted by Crippen LogP contribution is -2.26. The van der Waals surface area contributed by atoms with Crippen LogP contribution in [0.4, 0.5) is 5.82 Å². The van der Waals surface area contributed by atoms with E-state index in [0.717, 1.165) is 5.56 Å². The molecule has 0 radical (unpaired) electrons. The van der Waals surface area contributed by atoms with E-state index in [0.29, 0.717) is 23.4 Å². The average Bonchev–Trinajstić information content (AvgIpc) is 3.34. The maximum Gasteiger partial charge on any atom is 0.488 e. The van der Waals surface area contributed by atoms with Crippen LogP contribution in [0.3, 0.4) is 0 Å². The molecule has 3 heterocycles. The second-order valence-electron chi connectivity index (χ2n) is 7.83. The zero-order valence-corrected chi connectivity index (χ0v) is 22.1. The number of aliphatic hydroxyl groups excluding tert-OH is 1. The van der Waals surface area contributed by atoms with Gasteiger partial charge in [0.25, 0.3) is 0 Å². The molecule has 0 aliphatic carbocycles. The van der Waals surface area contributed by atoms with Crippen molar-refractivity contribution in [3.63, 3.8) is 0 Å². The van der Waals surface area contributed by atoms with Crippen LogP contribution in [-0.4, -0.2) is 63.0 Å². The first kappa shape index (κ1) is 28.3. The third-order valence-electron chi connectivity index (χ3n) is 5.03. The first-order chi connectivity index (χ1) is 17.2. The van der Waals surface area contributed by atoms with Crippen molar-refractivity contribution < 1.29 is 51.7 Å². The van der Waals surface area contributed by atoms with Crippen molar-refractivity contribution >= 4 is 51.2 Å². The van der Waals surface area contributed by atoms with Crippen molar-refractivity contribution in [3.05, 3.63) is 48.0 Å². The molecule has 1 fully saturated rings. The van der Waals surface area contributed by atoms with Crippen LogP contribution in [-0.2, 0) is 45.2 Å². The summed E-state index contributed by atoms with van der Waals surface area (Å²) in [6.07, 6.45) is -1.11. The molecule has 1 aliphatic heterocycles. The normalized spacial score (nSPS) is 23.6. The number of aliphatic hydroxyl groups is 1. The van der Waals surface area contributed by atoms with Gasteiger partial charge < -0.3 is 39.7 Å². The minimum atomic E-state index is -5.46. The fourth-order valence-electron chi connectivity index (χ4n) is 3.56. The summed E-state index contributed by atoms with van der Waals surface area (Å²) < 4.78 is 42.4. The summed E-state index contributed by atoms with van der Waals surface area (Å²) in [5.41, 5.74) is 7.74. The van der Waals surface area contributed by atoms with Gasteiger partial charge in [-0.1, -0.05) is 30.3 Å². The Morgan fingerprint density at radius 2 is 1.84 bits per heavy atom. The largest absolute Gasteiger partial charge is 0.488 e. The molecule has 5 atom stereocenters. The van der Waals surface area contributed by atoms with E-state index in [1.807, 2.05) is 30.3 Å². The van der Waals surface area contributed by atoms with Gasteiger partial charge in [-0.3, -0.25) is 4.57 Å². The maximum atomic E-state index is 11.6. The zero-order valence-electron chi connectivity index (χ0n) is 18.6. The van der Waals surface area contributed by atoms with Gasteiger partial charge in [0.1, 0.15) is 23.7 Å². The molecule has 3 aromatic rings. The van der Waals surface area contributed by atoms with Crippen molar-refractivity contribution in [2.24, 2.45) is 0 Å². The second-order valence-corrected chi connectivity index (χ2v) is 13.6. The van der Waals surface area contributed by atoms with Crippen molar-refractivity contribution in [3.8, 4) is 0 Å². The maximum absolute atomic E-state index is 11.6. The first-order valence-corrected chi connectivity index (χ1v) is 16.0. The number of imidazole rings is 1. The van der Waals surface area contributed by atoms with Gasteiger partial charge in [-0.15, -0.1) is 0 Å². The van der Waals surface area contributed by atoms with Gasteiger partial charge in [0.2, 0.25) is 0 Å². The molecule has 0 spiro atoms. The molecule has 2 aromatic heterocycles. The number of ether oxygens (including phenoxy) is 1. The molecule has 0 saturated carbocycles. The van der Waals surface area contributed by atoms with Crippen molar-refractivity contribution in [2.45, 2.75) is 31.3 Å². The molecule has 4 rings (SSSR count). The number of nitrogen functional groups attached to an aromatic ring is 1. The molecular weight excluding hydrogens is 575 g/mol. The molecule has 7 N–H and O–H groups in total. The molecule has 1 aromatic carbocycles. The summed E-state index contributed by atoms with van der Waals surface area (Å²) in [5.74, 6) is 0.609. The van der Waals surface area contributed by atoms with E-state index in [1.54, 1.807) is 4.57 Å². The highest BCUT2D eigenvalue weighted by Crippen LogP contribution is 2.66. The zero-order chi connectivity index (χ0) is 27.0. The number of hydrogen-bond donors (Lipinski definition) is 6. The van der Waals surface area contributed by atoms with E-state index < -0.39 is 47.4 Å². The molecule has 2 unspecified atom stereocenters. The number of benzene rings is 1. The monoisotopic (exact) mass is 597 g/mol.